The van der Waals surface area contributed by atoms with Crippen LogP contribution in [0.15, 0.2) is 36.4 Å². The highest BCUT2D eigenvalue weighted by molar-refractivity contribution is 14.1. The summed E-state index contributed by atoms with van der Waals surface area (Å²) >= 11 is 2.09. The summed E-state index contributed by atoms with van der Waals surface area (Å²) in [4.78, 5) is 36.0. The minimum absolute atomic E-state index is 0.0619. The third-order valence-electron chi connectivity index (χ3n) is 5.12. The summed E-state index contributed by atoms with van der Waals surface area (Å²) in [6.45, 7) is 6.33. The van der Waals surface area contributed by atoms with E-state index in [1.165, 1.54) is 13.8 Å². The number of fused-ring (bicyclic) bond motifs is 1. The molecule has 0 bridgehead atoms. The molecule has 1 heterocycles. The molecule has 3 rings (SSSR count). The predicted molar refractivity (Wildman–Crippen MR) is 122 cm³/mol. The number of benzene rings is 2. The van der Waals surface area contributed by atoms with Crippen LogP contribution < -0.4 is 10.1 Å². The molecule has 0 radical (unpaired) electrons. The van der Waals surface area contributed by atoms with Crippen LogP contribution in [0.1, 0.15) is 65.6 Å². The van der Waals surface area contributed by atoms with Gasteiger partial charge in [0, 0.05) is 23.6 Å². The smallest absolute Gasteiger partial charge is 0.302 e. The van der Waals surface area contributed by atoms with Gasteiger partial charge in [-0.15, -0.1) is 0 Å². The van der Waals surface area contributed by atoms with Gasteiger partial charge in [-0.3, -0.25) is 14.4 Å². The highest BCUT2D eigenvalue weighted by Crippen LogP contribution is 2.43. The highest BCUT2D eigenvalue weighted by Gasteiger charge is 2.44. The number of aliphatic hydroxyl groups is 1. The van der Waals surface area contributed by atoms with Crippen molar-refractivity contribution in [2.45, 2.75) is 52.0 Å². The maximum Gasteiger partial charge on any atom is 0.302 e. The lowest BCUT2D eigenvalue weighted by Crippen LogP contribution is -2.53. The zero-order chi connectivity index (χ0) is 22.9. The number of hydrogen-bond donors (Lipinski definition) is 2. The average molecular weight is 537 g/mol. The lowest BCUT2D eigenvalue weighted by atomic mass is 9.85. The summed E-state index contributed by atoms with van der Waals surface area (Å²) < 4.78 is 11.7. The van der Waals surface area contributed by atoms with Gasteiger partial charge in [0.15, 0.2) is 5.78 Å². The number of carbonyl (C=O) groups excluding carboxylic acids is 3. The van der Waals surface area contributed by atoms with Gasteiger partial charge in [-0.25, -0.2) is 0 Å². The fraction of sp³-hybridized carbons (Fsp3) is 0.348. The van der Waals surface area contributed by atoms with Crippen LogP contribution in [0, 0.1) is 3.57 Å². The predicted octanol–water partition coefficient (Wildman–Crippen LogP) is 3.56. The van der Waals surface area contributed by atoms with E-state index in [0.29, 0.717) is 28.0 Å². The van der Waals surface area contributed by atoms with Crippen molar-refractivity contribution in [1.82, 2.24) is 5.32 Å². The fourth-order valence-corrected chi connectivity index (χ4v) is 4.18. The first kappa shape index (κ1) is 23.2. The zero-order valence-electron chi connectivity index (χ0n) is 17.7. The molecule has 31 heavy (non-hydrogen) atoms. The Morgan fingerprint density at radius 2 is 1.87 bits per heavy atom. The van der Waals surface area contributed by atoms with Crippen LogP contribution >= 0.6 is 22.6 Å². The highest BCUT2D eigenvalue weighted by atomic mass is 127. The average Bonchev–Trinajstić information content (AvgIpc) is 2.70. The number of esters is 1. The van der Waals surface area contributed by atoms with E-state index in [1.807, 2.05) is 0 Å². The van der Waals surface area contributed by atoms with E-state index < -0.39 is 29.6 Å². The van der Waals surface area contributed by atoms with Crippen molar-refractivity contribution in [3.05, 3.63) is 62.2 Å². The summed E-state index contributed by atoms with van der Waals surface area (Å²) in [6.07, 6.45) is -1.05. The van der Waals surface area contributed by atoms with Gasteiger partial charge in [0.05, 0.1) is 9.61 Å². The van der Waals surface area contributed by atoms with Crippen LogP contribution in [0.25, 0.3) is 0 Å². The van der Waals surface area contributed by atoms with Crippen molar-refractivity contribution in [1.29, 1.82) is 0 Å². The molecule has 1 aliphatic rings. The molecule has 1 amide bonds. The standard InChI is InChI=1S/C23H24INO6/c1-12(26)16-9-17-19(21(28)23(3,4)31-20(17)18(24)10-16)25-22(29)15-7-5-6-14(8-15)11-30-13(2)27/h5-10,19,21,28H,11H2,1-4H3,(H,25,29)/t19-,21+/m0/s1. The second-order valence-corrected chi connectivity index (χ2v) is 9.18. The molecule has 0 saturated carbocycles. The fourth-order valence-electron chi connectivity index (χ4n) is 3.42. The molecule has 0 spiro atoms. The molecule has 1 aliphatic heterocycles. The van der Waals surface area contributed by atoms with Crippen LogP contribution in [0.4, 0.5) is 0 Å². The van der Waals surface area contributed by atoms with Crippen molar-refractivity contribution in [2.24, 2.45) is 0 Å². The molecule has 0 aromatic heterocycles. The first-order valence-corrected chi connectivity index (χ1v) is 10.8. The Hall–Kier alpha value is -2.46. The minimum atomic E-state index is -1.05. The van der Waals surface area contributed by atoms with Crippen LogP contribution in [0.2, 0.25) is 0 Å². The SMILES string of the molecule is CC(=O)OCc1cccc(C(=O)N[C@H]2c3cc(C(C)=O)cc(I)c3OC(C)(C)[C@@H]2O)c1. The summed E-state index contributed by atoms with van der Waals surface area (Å²) in [5, 5.41) is 13.9. The molecule has 0 unspecified atom stereocenters. The Morgan fingerprint density at radius 3 is 2.52 bits per heavy atom. The summed E-state index contributed by atoms with van der Waals surface area (Å²) in [6, 6.07) is 9.32. The molecule has 7 nitrogen and oxygen atoms in total. The number of halogens is 1. The molecule has 2 aromatic carbocycles. The zero-order valence-corrected chi connectivity index (χ0v) is 19.8. The third kappa shape index (κ3) is 5.07. The molecule has 2 atom stereocenters. The monoisotopic (exact) mass is 537 g/mol. The quantitative estimate of drug-likeness (QED) is 0.344. The Bertz CT molecular complexity index is 1050. The molecule has 0 aliphatic carbocycles. The summed E-state index contributed by atoms with van der Waals surface area (Å²) in [5.74, 6) is -0.395. The number of ketones is 1. The molecule has 0 fully saturated rings. The first-order valence-electron chi connectivity index (χ1n) is 9.74. The van der Waals surface area contributed by atoms with Crippen molar-refractivity contribution >= 4 is 40.3 Å². The van der Waals surface area contributed by atoms with E-state index in [4.69, 9.17) is 9.47 Å². The van der Waals surface area contributed by atoms with Crippen molar-refractivity contribution in [3.63, 3.8) is 0 Å². The molecule has 164 valence electrons. The molecule has 2 N–H and O–H groups in total. The number of nitrogens with one attached hydrogen (secondary N) is 1. The van der Waals surface area contributed by atoms with Gasteiger partial charge >= 0.3 is 5.97 Å². The number of aliphatic hydroxyl groups excluding tert-OH is 1. The first-order chi connectivity index (χ1) is 14.5. The van der Waals surface area contributed by atoms with E-state index in [1.54, 1.807) is 50.2 Å². The third-order valence-corrected chi connectivity index (χ3v) is 5.93. The number of hydrogen-bond acceptors (Lipinski definition) is 6. The molecule has 0 saturated heterocycles. The summed E-state index contributed by atoms with van der Waals surface area (Å²) in [5.41, 5.74) is 1.10. The molecular formula is C23H24INO6. The van der Waals surface area contributed by atoms with Gasteiger partial charge in [-0.1, -0.05) is 12.1 Å². The lowest BCUT2D eigenvalue weighted by Gasteiger charge is -2.42. The normalized spacial score (nSPS) is 19.0. The van der Waals surface area contributed by atoms with Crippen LogP contribution in [0.3, 0.4) is 0 Å². The molecular weight excluding hydrogens is 513 g/mol. The summed E-state index contributed by atoms with van der Waals surface area (Å²) in [7, 11) is 0. The van der Waals surface area contributed by atoms with Crippen molar-refractivity contribution < 1.29 is 29.0 Å². The Labute approximate surface area is 194 Å². The van der Waals surface area contributed by atoms with Gasteiger partial charge in [0.25, 0.3) is 5.91 Å². The Morgan fingerprint density at radius 1 is 1.16 bits per heavy atom. The number of amides is 1. The minimum Gasteiger partial charge on any atom is -0.484 e. The topological polar surface area (TPSA) is 102 Å². The largest absolute Gasteiger partial charge is 0.484 e. The van der Waals surface area contributed by atoms with E-state index in [2.05, 4.69) is 27.9 Å². The van der Waals surface area contributed by atoms with Crippen molar-refractivity contribution in [3.8, 4) is 5.75 Å². The number of carbonyl (C=O) groups is 3. The van der Waals surface area contributed by atoms with E-state index in [0.717, 1.165) is 3.57 Å². The Balaban J connectivity index is 1.95. The molecule has 2 aromatic rings. The number of Topliss-reactive ketones (excluding diaryl/α,β-unsaturated/α-hetero) is 1. The van der Waals surface area contributed by atoms with Crippen LogP contribution in [0.5, 0.6) is 5.75 Å². The Kier molecular flexibility index (Phi) is 6.70. The van der Waals surface area contributed by atoms with Gasteiger partial charge in [-0.2, -0.15) is 0 Å². The molecule has 8 heteroatoms. The van der Waals surface area contributed by atoms with E-state index in [9.17, 15) is 19.5 Å². The van der Waals surface area contributed by atoms with Gasteiger partial charge in [0.2, 0.25) is 0 Å². The van der Waals surface area contributed by atoms with Crippen molar-refractivity contribution in [2.75, 3.05) is 0 Å². The number of ether oxygens (including phenoxy) is 2. The van der Waals surface area contributed by atoms with E-state index >= 15 is 0 Å². The maximum atomic E-state index is 13.0. The van der Waals surface area contributed by atoms with Gasteiger partial charge < -0.3 is 19.9 Å². The van der Waals surface area contributed by atoms with Crippen LogP contribution in [-0.4, -0.2) is 34.5 Å². The lowest BCUT2D eigenvalue weighted by molar-refractivity contribution is -0.142. The van der Waals surface area contributed by atoms with Gasteiger partial charge in [-0.05, 0) is 73.2 Å². The second kappa shape index (κ2) is 8.96. The maximum absolute atomic E-state index is 13.0. The second-order valence-electron chi connectivity index (χ2n) is 8.01. The van der Waals surface area contributed by atoms with Crippen LogP contribution in [-0.2, 0) is 16.1 Å². The number of rotatable bonds is 5. The van der Waals surface area contributed by atoms with Gasteiger partial charge in [0.1, 0.15) is 24.1 Å². The van der Waals surface area contributed by atoms with E-state index in [-0.39, 0.29) is 12.4 Å².